The molecule has 0 spiro atoms. The van der Waals surface area contributed by atoms with Crippen molar-refractivity contribution >= 4 is 63.4 Å². The molecular formula is C39H57Cl3Si4Ti. The van der Waals surface area contributed by atoms with Gasteiger partial charge in [0.05, 0.1) is 0 Å². The third kappa shape index (κ3) is 7.08. The summed E-state index contributed by atoms with van der Waals surface area (Å²) in [5, 5.41) is 10.2. The quantitative estimate of drug-likeness (QED) is 0.206. The smallest absolute Gasteiger partial charge is 1.00 e. The third-order valence-corrected chi connectivity index (χ3v) is 26.4. The minimum Gasteiger partial charge on any atom is -1.00 e. The van der Waals surface area contributed by atoms with Crippen LogP contribution in [0.3, 0.4) is 0 Å². The number of hydrogen-bond acceptors (Lipinski definition) is 0. The van der Waals surface area contributed by atoms with Gasteiger partial charge in [0.25, 0.3) is 0 Å². The fourth-order valence-electron chi connectivity index (χ4n) is 8.94. The molecule has 0 saturated heterocycles. The third-order valence-electron chi connectivity index (χ3n) is 10.7. The first-order valence-corrected chi connectivity index (χ1v) is 29.8. The zero-order chi connectivity index (χ0) is 33.4. The van der Waals surface area contributed by atoms with E-state index in [0.29, 0.717) is 0 Å². The summed E-state index contributed by atoms with van der Waals surface area (Å²) in [6.45, 7) is 40.3. The first-order valence-electron chi connectivity index (χ1n) is 16.5. The van der Waals surface area contributed by atoms with Crippen molar-refractivity contribution in [2.24, 2.45) is 0 Å². The van der Waals surface area contributed by atoms with E-state index in [4.69, 9.17) is 0 Å². The van der Waals surface area contributed by atoms with Gasteiger partial charge in [-0.1, -0.05) is 0 Å². The second-order valence-electron chi connectivity index (χ2n) is 16.7. The molecule has 3 aromatic rings. The topological polar surface area (TPSA) is 0 Å². The molecule has 0 nitrogen and oxygen atoms in total. The predicted octanol–water partition coefficient (Wildman–Crippen LogP) is -1.34. The van der Waals surface area contributed by atoms with Gasteiger partial charge in [-0.15, -0.1) is 0 Å². The zero-order valence-corrected chi connectivity index (χ0v) is 39.7. The maximum atomic E-state index is 2.69. The average Bonchev–Trinajstić information content (AvgIpc) is 3.03. The second-order valence-corrected chi connectivity index (χ2v) is 37.6. The molecule has 1 aliphatic carbocycles. The molecule has 0 atom stereocenters. The maximum Gasteiger partial charge on any atom is -1.00 e. The normalized spacial score (nSPS) is 15.3. The summed E-state index contributed by atoms with van der Waals surface area (Å²) >= 11 is 2.69. The maximum absolute atomic E-state index is 2.89. The van der Waals surface area contributed by atoms with Crippen molar-refractivity contribution in [1.82, 2.24) is 0 Å². The molecule has 0 unspecified atom stereocenters. The van der Waals surface area contributed by atoms with Crippen LogP contribution in [0.25, 0.3) is 0 Å². The number of rotatable bonds is 7. The van der Waals surface area contributed by atoms with E-state index >= 15 is 0 Å². The van der Waals surface area contributed by atoms with Gasteiger partial charge in [0, 0.05) is 0 Å². The van der Waals surface area contributed by atoms with E-state index in [0.717, 1.165) is 0 Å². The molecule has 0 aliphatic heterocycles. The largest absolute Gasteiger partial charge is 1.00 e. The van der Waals surface area contributed by atoms with Gasteiger partial charge in [0.1, 0.15) is 0 Å². The van der Waals surface area contributed by atoms with Gasteiger partial charge in [-0.05, 0) is 0 Å². The fraction of sp³-hybridized carbons (Fsp3) is 0.436. The SMILES string of the molecule is CC1=C(C)[C]([Ti+3])([Si](c2cccc(C)c2[Si](C)(C)C)(c2cccc(C)c2[Si](C)(C)C)c2cccc(C)c2[Si](C)(C)C)C(C)=C1C.[Cl-].[Cl-].[Cl-]. The first-order chi connectivity index (χ1) is 20.1. The van der Waals surface area contributed by atoms with E-state index in [-0.39, 0.29) is 40.6 Å². The van der Waals surface area contributed by atoms with E-state index in [1.54, 1.807) is 42.3 Å². The van der Waals surface area contributed by atoms with Crippen molar-refractivity contribution in [2.75, 3.05) is 0 Å². The fourth-order valence-corrected chi connectivity index (χ4v) is 29.3. The summed E-state index contributed by atoms with van der Waals surface area (Å²) in [7, 11) is -8.26. The standard InChI is InChI=1S/C39H57Si4.3ClH.Ti/c1-26-20-17-23-33(36(26)40(8,9)10)43(39-31(6)29(4)30(5)32(39)7,34-24-18-21-27(2)37(34)41(11,12)13)35-25-19-22-28(3)38(35)42(14,15)16;;;;/h17-25H,1-16H3;3*1H;/q;;;;+3/p-3. The molecule has 0 amide bonds. The van der Waals surface area contributed by atoms with Crippen molar-refractivity contribution in [2.45, 2.75) is 111 Å². The molecule has 3 aromatic carbocycles. The molecule has 0 aromatic heterocycles. The van der Waals surface area contributed by atoms with E-state index < -0.39 is 32.3 Å². The van der Waals surface area contributed by atoms with Crippen LogP contribution in [0.4, 0.5) is 0 Å². The molecule has 0 radical (unpaired) electrons. The summed E-state index contributed by atoms with van der Waals surface area (Å²) in [5.74, 6) is 0. The average molecular weight is 792 g/mol. The van der Waals surface area contributed by atoms with E-state index in [2.05, 4.69) is 182 Å². The minimum absolute atomic E-state index is 0. The molecule has 0 fully saturated rings. The first kappa shape index (κ1) is 44.6. The van der Waals surface area contributed by atoms with Gasteiger partial charge >= 0.3 is 288 Å². The van der Waals surface area contributed by atoms with Crippen LogP contribution < -0.4 is 68.3 Å². The van der Waals surface area contributed by atoms with Gasteiger partial charge in [-0.2, -0.15) is 0 Å². The van der Waals surface area contributed by atoms with Gasteiger partial charge in [-0.3, -0.25) is 0 Å². The van der Waals surface area contributed by atoms with E-state index in [1.807, 2.05) is 0 Å². The molecule has 8 heteroatoms. The Hall–Kier alpha value is -0.408. The van der Waals surface area contributed by atoms with Gasteiger partial charge in [0.15, 0.2) is 0 Å². The van der Waals surface area contributed by atoms with Gasteiger partial charge in [0.2, 0.25) is 0 Å². The predicted molar refractivity (Wildman–Crippen MR) is 207 cm³/mol. The van der Waals surface area contributed by atoms with Crippen LogP contribution in [0.5, 0.6) is 0 Å². The number of aryl methyl sites for hydroxylation is 3. The summed E-state index contributed by atoms with van der Waals surface area (Å²) < 4.78 is -0.103. The molecule has 47 heavy (non-hydrogen) atoms. The minimum atomic E-state index is -2.89. The second kappa shape index (κ2) is 15.1. The van der Waals surface area contributed by atoms with Crippen molar-refractivity contribution in [1.29, 1.82) is 0 Å². The molecular weight excluding hydrogens is 735 g/mol. The van der Waals surface area contributed by atoms with Crippen LogP contribution in [0.15, 0.2) is 76.9 Å². The Labute approximate surface area is 322 Å². The summed E-state index contributed by atoms with van der Waals surface area (Å²) in [4.78, 5) is 0. The van der Waals surface area contributed by atoms with Crippen molar-refractivity contribution in [3.63, 3.8) is 0 Å². The molecule has 4 rings (SSSR count). The Kier molecular flexibility index (Phi) is 14.3. The number of allylic oxidation sites excluding steroid dienone is 4. The monoisotopic (exact) mass is 790 g/mol. The van der Waals surface area contributed by atoms with Crippen LogP contribution in [-0.2, 0) is 20.4 Å². The molecule has 0 heterocycles. The number of halogens is 3. The number of benzene rings is 3. The van der Waals surface area contributed by atoms with Crippen molar-refractivity contribution in [3.05, 3.63) is 93.6 Å². The van der Waals surface area contributed by atoms with Crippen LogP contribution in [-0.4, -0.2) is 32.3 Å². The Balaban J connectivity index is 0.00000368. The molecule has 0 N–H and O–H groups in total. The summed E-state index contributed by atoms with van der Waals surface area (Å²) in [6.07, 6.45) is 0. The van der Waals surface area contributed by atoms with Crippen LogP contribution in [0.2, 0.25) is 62.3 Å². The molecule has 254 valence electrons. The molecule has 0 saturated carbocycles. The summed E-state index contributed by atoms with van der Waals surface area (Å²) in [6, 6.07) is 22.3. The number of hydrogen-bond donors (Lipinski definition) is 0. The van der Waals surface area contributed by atoms with E-state index in [9.17, 15) is 0 Å². The molecule has 1 aliphatic rings. The summed E-state index contributed by atoms with van der Waals surface area (Å²) in [5.41, 5.74) is 10.7. The van der Waals surface area contributed by atoms with Crippen LogP contribution in [0.1, 0.15) is 44.4 Å². The Morgan fingerprint density at radius 2 is 0.660 bits per heavy atom. The van der Waals surface area contributed by atoms with Crippen molar-refractivity contribution in [3.8, 4) is 0 Å². The zero-order valence-electron chi connectivity index (χ0n) is 31.8. The molecule has 0 bridgehead atoms. The Bertz CT molecular complexity index is 1520. The Morgan fingerprint density at radius 3 is 0.872 bits per heavy atom. The van der Waals surface area contributed by atoms with Gasteiger partial charge < -0.3 is 37.2 Å². The van der Waals surface area contributed by atoms with Crippen LogP contribution in [0, 0.1) is 20.8 Å². The van der Waals surface area contributed by atoms with E-state index in [1.165, 1.54) is 27.8 Å². The van der Waals surface area contributed by atoms with Crippen LogP contribution >= 0.6 is 0 Å². The Morgan fingerprint density at radius 1 is 0.426 bits per heavy atom. The van der Waals surface area contributed by atoms with Gasteiger partial charge in [-0.25, -0.2) is 0 Å². The van der Waals surface area contributed by atoms with Crippen molar-refractivity contribution < 1.29 is 57.7 Å².